The van der Waals surface area contributed by atoms with Gasteiger partial charge in [-0.05, 0) is 96.3 Å². The number of unbranched alkanes of at least 4 members (excludes halogenated alkanes) is 8. The zero-order valence-electron chi connectivity index (χ0n) is 36.3. The second-order valence-electron chi connectivity index (χ2n) is 14.1. The number of phosphoric ester groups is 1. The molecular weight excluding hydrogens is 765 g/mol. The van der Waals surface area contributed by atoms with E-state index in [1.807, 2.05) is 0 Å². The molecule has 0 saturated heterocycles. The highest BCUT2D eigenvalue weighted by Gasteiger charge is 2.27. The summed E-state index contributed by atoms with van der Waals surface area (Å²) in [6, 6.07) is -1.49. The van der Waals surface area contributed by atoms with Crippen LogP contribution in [0, 0.1) is 0 Å². The summed E-state index contributed by atoms with van der Waals surface area (Å²) in [5.74, 6) is -1.84. The van der Waals surface area contributed by atoms with Gasteiger partial charge in [0.05, 0.1) is 19.8 Å². The van der Waals surface area contributed by atoms with E-state index in [-0.39, 0.29) is 13.0 Å². The van der Waals surface area contributed by atoms with Gasteiger partial charge in [-0.2, -0.15) is 0 Å². The summed E-state index contributed by atoms with van der Waals surface area (Å²) < 4.78 is 33.3. The Bertz CT molecular complexity index is 1350. The first kappa shape index (κ1) is 55.6. The fourth-order valence-corrected chi connectivity index (χ4v) is 5.99. The molecule has 10 nitrogen and oxygen atoms in total. The van der Waals surface area contributed by atoms with Gasteiger partial charge in [-0.3, -0.25) is 18.6 Å². The quantitative estimate of drug-likeness (QED) is 0.0235. The molecule has 0 aromatic carbocycles. The lowest BCUT2D eigenvalue weighted by Crippen LogP contribution is -2.34. The van der Waals surface area contributed by atoms with E-state index < -0.39 is 45.1 Å². The molecule has 0 aliphatic rings. The largest absolute Gasteiger partial charge is 0.480 e. The summed E-state index contributed by atoms with van der Waals surface area (Å²) in [7, 11) is -4.64. The van der Waals surface area contributed by atoms with Gasteiger partial charge in [0.2, 0.25) is 0 Å². The summed E-state index contributed by atoms with van der Waals surface area (Å²) in [5.41, 5.74) is 5.35. The summed E-state index contributed by atoms with van der Waals surface area (Å²) >= 11 is 0. The molecule has 11 heteroatoms. The third kappa shape index (κ3) is 42.6. The van der Waals surface area contributed by atoms with Crippen molar-refractivity contribution < 1.29 is 42.7 Å². The zero-order valence-corrected chi connectivity index (χ0v) is 37.2. The molecule has 0 aromatic heterocycles. The number of phosphoric acid groups is 1. The Morgan fingerprint density at radius 2 is 0.932 bits per heavy atom. The van der Waals surface area contributed by atoms with Gasteiger partial charge in [0.1, 0.15) is 12.1 Å². The fourth-order valence-electron chi connectivity index (χ4n) is 5.21. The van der Waals surface area contributed by atoms with Crippen LogP contribution in [0.25, 0.3) is 0 Å². The number of allylic oxidation sites excluding steroid dienone is 18. The van der Waals surface area contributed by atoms with Gasteiger partial charge >= 0.3 is 19.8 Å². The molecule has 0 aliphatic carbocycles. The molecule has 3 unspecified atom stereocenters. The van der Waals surface area contributed by atoms with E-state index in [9.17, 15) is 19.0 Å². The molecule has 0 radical (unpaired) electrons. The number of carboxylic acids is 1. The van der Waals surface area contributed by atoms with Crippen LogP contribution in [0.2, 0.25) is 0 Å². The predicted octanol–water partition coefficient (Wildman–Crippen LogP) is 12.3. The maximum atomic E-state index is 12.6. The van der Waals surface area contributed by atoms with Crippen LogP contribution in [0.3, 0.4) is 0 Å². The van der Waals surface area contributed by atoms with E-state index in [1.54, 1.807) is 0 Å². The van der Waals surface area contributed by atoms with Crippen molar-refractivity contribution in [1.29, 1.82) is 0 Å². The van der Waals surface area contributed by atoms with E-state index in [4.69, 9.17) is 29.4 Å². The minimum Gasteiger partial charge on any atom is -0.480 e. The molecule has 0 fully saturated rings. The summed E-state index contributed by atoms with van der Waals surface area (Å²) in [5, 5.41) is 8.90. The van der Waals surface area contributed by atoms with Crippen LogP contribution in [-0.4, -0.2) is 60.5 Å². The van der Waals surface area contributed by atoms with Crippen molar-refractivity contribution in [2.24, 2.45) is 5.73 Å². The highest BCUT2D eigenvalue weighted by molar-refractivity contribution is 7.47. The van der Waals surface area contributed by atoms with Gasteiger partial charge in [0.25, 0.3) is 0 Å². The molecule has 0 bridgehead atoms. The van der Waals surface area contributed by atoms with E-state index in [0.29, 0.717) is 13.0 Å². The highest BCUT2D eigenvalue weighted by atomic mass is 31.2. The van der Waals surface area contributed by atoms with Crippen molar-refractivity contribution in [2.75, 3.05) is 26.4 Å². The third-order valence-corrected chi connectivity index (χ3v) is 9.50. The number of hydrogen-bond donors (Lipinski definition) is 3. The molecule has 0 rings (SSSR count). The van der Waals surface area contributed by atoms with Gasteiger partial charge in [-0.25, -0.2) is 4.57 Å². The lowest BCUT2D eigenvalue weighted by molar-refractivity contribution is -0.154. The van der Waals surface area contributed by atoms with Crippen molar-refractivity contribution in [1.82, 2.24) is 0 Å². The van der Waals surface area contributed by atoms with Crippen LogP contribution >= 0.6 is 7.82 Å². The monoisotopic (exact) mass is 844 g/mol. The summed E-state index contributed by atoms with van der Waals surface area (Å²) in [6.45, 7) is 3.53. The molecule has 4 N–H and O–H groups in total. The number of hydrogen-bond acceptors (Lipinski definition) is 8. The van der Waals surface area contributed by atoms with Crippen LogP contribution in [0.1, 0.15) is 142 Å². The Labute approximate surface area is 357 Å². The van der Waals surface area contributed by atoms with E-state index in [1.165, 1.54) is 12.8 Å². The molecule has 0 aromatic rings. The van der Waals surface area contributed by atoms with Crippen molar-refractivity contribution >= 4 is 19.8 Å². The van der Waals surface area contributed by atoms with Crippen LogP contribution in [-0.2, 0) is 32.7 Å². The molecule has 0 aliphatic heterocycles. The van der Waals surface area contributed by atoms with E-state index >= 15 is 0 Å². The average Bonchev–Trinajstić information content (AvgIpc) is 3.21. The fraction of sp³-hybridized carbons (Fsp3) is 0.583. The van der Waals surface area contributed by atoms with Crippen molar-refractivity contribution in [3.05, 3.63) is 109 Å². The van der Waals surface area contributed by atoms with Crippen molar-refractivity contribution in [2.45, 2.75) is 154 Å². The Kier molecular flexibility index (Phi) is 40.3. The van der Waals surface area contributed by atoms with E-state index in [0.717, 1.165) is 103 Å². The summed E-state index contributed by atoms with van der Waals surface area (Å²) in [4.78, 5) is 33.5. The number of ether oxygens (including phenoxy) is 2. The molecule has 334 valence electrons. The standard InChI is InChI=1S/C48H78NO9P/c1-3-5-7-9-11-13-15-17-19-20-21-22-23-24-25-27-29-31-33-35-37-39-41-55-42-45(43-56-59(53,54)57-44-46(49)48(51)52)58-47(50)40-38-36-34-32-30-28-26-18-16-14-12-10-8-6-4-2/h5-8,11-14,17-19,21-22,24-26,30,32,45-46H,3-4,9-10,15-16,20,23,27-29,31,33-44,49H2,1-2H3,(H,51,52)(H,53,54)/b7-5-,8-6-,13-11-,14-12-,19-17-,22-21-,25-24-,26-18-,32-30-. The summed E-state index contributed by atoms with van der Waals surface area (Å²) in [6.07, 6.45) is 57.2. The SMILES string of the molecule is CC/C=C\C/C=C\C/C=C\C/C=C\C/C=C\CCCCCCCCOCC(COP(=O)(O)OCC(N)C(=O)O)OC(=O)CCCC/C=C\C/C=C\C/C=C\C/C=C\CC. The number of carboxylic acid groups (broad SMARTS) is 1. The van der Waals surface area contributed by atoms with Crippen LogP contribution < -0.4 is 5.73 Å². The number of carbonyl (C=O) groups is 2. The second kappa shape index (κ2) is 42.7. The number of aliphatic carboxylic acids is 1. The zero-order chi connectivity index (χ0) is 43.3. The number of carbonyl (C=O) groups excluding carboxylic acids is 1. The molecule has 3 atom stereocenters. The second-order valence-corrected chi connectivity index (χ2v) is 15.5. The molecule has 0 amide bonds. The highest BCUT2D eigenvalue weighted by Crippen LogP contribution is 2.43. The average molecular weight is 844 g/mol. The minimum atomic E-state index is -4.64. The van der Waals surface area contributed by atoms with Crippen molar-refractivity contribution in [3.8, 4) is 0 Å². The molecule has 0 saturated carbocycles. The Morgan fingerprint density at radius 3 is 1.39 bits per heavy atom. The molecule has 0 heterocycles. The maximum Gasteiger partial charge on any atom is 0.472 e. The normalized spacial score (nSPS) is 14.9. The van der Waals surface area contributed by atoms with Gasteiger partial charge in [-0.1, -0.05) is 149 Å². The Hall–Kier alpha value is -3.37. The number of nitrogens with two attached hydrogens (primary N) is 1. The van der Waals surface area contributed by atoms with E-state index in [2.05, 4.69) is 123 Å². The van der Waals surface area contributed by atoms with Crippen LogP contribution in [0.5, 0.6) is 0 Å². The smallest absolute Gasteiger partial charge is 0.472 e. The minimum absolute atomic E-state index is 0.0183. The van der Waals surface area contributed by atoms with Gasteiger partial charge in [0, 0.05) is 13.0 Å². The first-order chi connectivity index (χ1) is 28.7. The molecular formula is C48H78NO9P. The molecule has 0 spiro atoms. The Balaban J connectivity index is 4.34. The van der Waals surface area contributed by atoms with Crippen LogP contribution in [0.4, 0.5) is 0 Å². The molecule has 59 heavy (non-hydrogen) atoms. The maximum absolute atomic E-state index is 12.6. The third-order valence-electron chi connectivity index (χ3n) is 8.55. The predicted molar refractivity (Wildman–Crippen MR) is 244 cm³/mol. The Morgan fingerprint density at radius 1 is 0.542 bits per heavy atom. The number of rotatable bonds is 40. The first-order valence-corrected chi connectivity index (χ1v) is 23.4. The van der Waals surface area contributed by atoms with Crippen molar-refractivity contribution in [3.63, 3.8) is 0 Å². The van der Waals surface area contributed by atoms with Gasteiger partial charge < -0.3 is 25.2 Å². The van der Waals surface area contributed by atoms with Gasteiger partial charge in [0.15, 0.2) is 0 Å². The lowest BCUT2D eigenvalue weighted by Gasteiger charge is -2.20. The number of esters is 1. The van der Waals surface area contributed by atoms with Gasteiger partial charge in [-0.15, -0.1) is 0 Å². The first-order valence-electron chi connectivity index (χ1n) is 21.9. The van der Waals surface area contributed by atoms with Crippen LogP contribution in [0.15, 0.2) is 109 Å². The topological polar surface area (TPSA) is 155 Å². The lowest BCUT2D eigenvalue weighted by atomic mass is 10.1.